The second kappa shape index (κ2) is 8.63. The van der Waals surface area contributed by atoms with Crippen LogP contribution in [0.2, 0.25) is 0 Å². The van der Waals surface area contributed by atoms with Gasteiger partial charge < -0.3 is 5.32 Å². The van der Waals surface area contributed by atoms with Crippen molar-refractivity contribution >= 4 is 15.9 Å². The summed E-state index contributed by atoms with van der Waals surface area (Å²) < 4.78 is 39.9. The highest BCUT2D eigenvalue weighted by Crippen LogP contribution is 2.20. The molecule has 144 valence electrons. The molecule has 0 radical (unpaired) electrons. The molecule has 2 aromatic rings. The van der Waals surface area contributed by atoms with Crippen molar-refractivity contribution in [1.82, 2.24) is 9.62 Å². The summed E-state index contributed by atoms with van der Waals surface area (Å²) in [4.78, 5) is 12.3. The third-order valence-corrected chi connectivity index (χ3v) is 6.58. The first-order valence-electron chi connectivity index (χ1n) is 9.10. The molecule has 1 fully saturated rings. The van der Waals surface area contributed by atoms with Gasteiger partial charge >= 0.3 is 0 Å². The van der Waals surface area contributed by atoms with Gasteiger partial charge in [-0.25, -0.2) is 12.8 Å². The van der Waals surface area contributed by atoms with Crippen molar-refractivity contribution in [1.29, 1.82) is 0 Å². The van der Waals surface area contributed by atoms with Crippen LogP contribution >= 0.6 is 0 Å². The molecular weight excluding hydrogens is 367 g/mol. The Balaban J connectivity index is 1.55. The fourth-order valence-corrected chi connectivity index (χ4v) is 4.65. The van der Waals surface area contributed by atoms with Crippen molar-refractivity contribution in [3.63, 3.8) is 0 Å². The fraction of sp³-hybridized carbons (Fsp3) is 0.350. The monoisotopic (exact) mass is 390 g/mol. The quantitative estimate of drug-likeness (QED) is 0.825. The third kappa shape index (κ3) is 4.93. The van der Waals surface area contributed by atoms with Crippen LogP contribution in [0.25, 0.3) is 0 Å². The van der Waals surface area contributed by atoms with Crippen LogP contribution in [0, 0.1) is 5.82 Å². The maximum absolute atomic E-state index is 13.2. The molecule has 1 aliphatic rings. The molecule has 7 heteroatoms. The van der Waals surface area contributed by atoms with Crippen LogP contribution in [-0.2, 0) is 16.4 Å². The maximum atomic E-state index is 13.2. The van der Waals surface area contributed by atoms with Gasteiger partial charge in [-0.2, -0.15) is 4.31 Å². The van der Waals surface area contributed by atoms with E-state index < -0.39 is 15.8 Å². The Bertz CT molecular complexity index is 892. The van der Waals surface area contributed by atoms with Crippen molar-refractivity contribution in [2.45, 2.75) is 30.6 Å². The van der Waals surface area contributed by atoms with Gasteiger partial charge in [0.2, 0.25) is 10.0 Å². The number of halogens is 1. The van der Waals surface area contributed by atoms with Crippen molar-refractivity contribution in [2.24, 2.45) is 0 Å². The van der Waals surface area contributed by atoms with E-state index in [1.807, 2.05) is 0 Å². The molecule has 0 spiro atoms. The van der Waals surface area contributed by atoms with Crippen LogP contribution in [0.3, 0.4) is 0 Å². The Kier molecular flexibility index (Phi) is 6.23. The van der Waals surface area contributed by atoms with Gasteiger partial charge in [0.15, 0.2) is 0 Å². The molecule has 5 nitrogen and oxygen atoms in total. The Hall–Kier alpha value is -2.25. The summed E-state index contributed by atoms with van der Waals surface area (Å²) in [6.45, 7) is 1.54. The number of carbonyl (C=O) groups is 1. The minimum Gasteiger partial charge on any atom is -0.352 e. The number of rotatable bonds is 6. The van der Waals surface area contributed by atoms with Crippen molar-refractivity contribution in [2.75, 3.05) is 19.6 Å². The van der Waals surface area contributed by atoms with Crippen molar-refractivity contribution < 1.29 is 17.6 Å². The molecule has 0 unspecified atom stereocenters. The lowest BCUT2D eigenvalue weighted by Gasteiger charge is -2.25. The predicted molar refractivity (Wildman–Crippen MR) is 101 cm³/mol. The molecular formula is C20H23FN2O3S. The topological polar surface area (TPSA) is 66.5 Å². The molecule has 1 aliphatic heterocycles. The first kappa shape index (κ1) is 19.5. The van der Waals surface area contributed by atoms with Crippen LogP contribution in [0.4, 0.5) is 4.39 Å². The van der Waals surface area contributed by atoms with E-state index in [0.717, 1.165) is 24.8 Å². The number of nitrogens with one attached hydrogen (secondary N) is 1. The Morgan fingerprint density at radius 3 is 2.41 bits per heavy atom. The first-order chi connectivity index (χ1) is 13.0. The molecule has 1 saturated heterocycles. The van der Waals surface area contributed by atoms with Crippen LogP contribution in [0.15, 0.2) is 53.4 Å². The van der Waals surface area contributed by atoms with E-state index in [1.165, 1.54) is 18.2 Å². The molecule has 0 aliphatic carbocycles. The van der Waals surface area contributed by atoms with Gasteiger partial charge in [-0.05, 0) is 55.2 Å². The van der Waals surface area contributed by atoms with Crippen molar-refractivity contribution in [3.8, 4) is 0 Å². The molecule has 1 amide bonds. The summed E-state index contributed by atoms with van der Waals surface area (Å²) in [6, 6.07) is 12.3. The van der Waals surface area contributed by atoms with Crippen LogP contribution < -0.4 is 5.32 Å². The number of benzene rings is 2. The highest BCUT2D eigenvalue weighted by Gasteiger charge is 2.25. The van der Waals surface area contributed by atoms with Gasteiger partial charge in [-0.3, -0.25) is 4.79 Å². The highest BCUT2D eigenvalue weighted by molar-refractivity contribution is 7.89. The van der Waals surface area contributed by atoms with Crippen LogP contribution in [0.1, 0.15) is 35.2 Å². The van der Waals surface area contributed by atoms with E-state index in [1.54, 1.807) is 34.6 Å². The number of hydrogen-bond acceptors (Lipinski definition) is 3. The number of hydrogen-bond donors (Lipinski definition) is 1. The second-order valence-corrected chi connectivity index (χ2v) is 8.56. The summed E-state index contributed by atoms with van der Waals surface area (Å²) in [6.07, 6.45) is 3.45. The SMILES string of the molecule is O=C(NCCc1ccc(S(=O)(=O)N2CCCCC2)cc1)c1cccc(F)c1. The summed E-state index contributed by atoms with van der Waals surface area (Å²) in [5.41, 5.74) is 1.20. The number of sulfonamides is 1. The molecule has 0 aromatic heterocycles. The molecule has 27 heavy (non-hydrogen) atoms. The Morgan fingerprint density at radius 1 is 1.04 bits per heavy atom. The zero-order valence-corrected chi connectivity index (χ0v) is 15.8. The molecule has 2 aromatic carbocycles. The minimum atomic E-state index is -3.42. The smallest absolute Gasteiger partial charge is 0.251 e. The summed E-state index contributed by atoms with van der Waals surface area (Å²) in [7, 11) is -3.42. The lowest BCUT2D eigenvalue weighted by atomic mass is 10.1. The Labute approximate surface area is 159 Å². The third-order valence-electron chi connectivity index (χ3n) is 4.66. The lowest BCUT2D eigenvalue weighted by molar-refractivity contribution is 0.0953. The van der Waals surface area contributed by atoms with Crippen molar-refractivity contribution in [3.05, 3.63) is 65.5 Å². The normalized spacial score (nSPS) is 15.4. The zero-order chi connectivity index (χ0) is 19.3. The molecule has 0 bridgehead atoms. The van der Waals surface area contributed by atoms with Gasteiger partial charge in [-0.15, -0.1) is 0 Å². The summed E-state index contributed by atoms with van der Waals surface area (Å²) in [5.74, 6) is -0.785. The van der Waals surface area contributed by atoms with E-state index in [4.69, 9.17) is 0 Å². The summed E-state index contributed by atoms with van der Waals surface area (Å²) >= 11 is 0. The predicted octanol–water partition coefficient (Wildman–Crippen LogP) is 2.97. The fourth-order valence-electron chi connectivity index (χ4n) is 3.13. The van der Waals surface area contributed by atoms with Gasteiger partial charge in [0.25, 0.3) is 5.91 Å². The average molecular weight is 390 g/mol. The largest absolute Gasteiger partial charge is 0.352 e. The number of amides is 1. The van der Waals surface area contributed by atoms with E-state index in [0.29, 0.717) is 31.0 Å². The number of carbonyl (C=O) groups excluding carboxylic acids is 1. The average Bonchev–Trinajstić information content (AvgIpc) is 2.69. The van der Waals surface area contributed by atoms with Gasteiger partial charge in [-0.1, -0.05) is 24.6 Å². The highest BCUT2D eigenvalue weighted by atomic mass is 32.2. The zero-order valence-electron chi connectivity index (χ0n) is 15.0. The van der Waals surface area contributed by atoms with Crippen LogP contribution in [0.5, 0.6) is 0 Å². The maximum Gasteiger partial charge on any atom is 0.251 e. The van der Waals surface area contributed by atoms with Gasteiger partial charge in [0, 0.05) is 25.2 Å². The van der Waals surface area contributed by atoms with E-state index in [9.17, 15) is 17.6 Å². The summed E-state index contributed by atoms with van der Waals surface area (Å²) in [5, 5.41) is 2.74. The van der Waals surface area contributed by atoms with E-state index in [-0.39, 0.29) is 11.5 Å². The number of piperidine rings is 1. The van der Waals surface area contributed by atoms with E-state index in [2.05, 4.69) is 5.32 Å². The van der Waals surface area contributed by atoms with Gasteiger partial charge in [0.1, 0.15) is 5.82 Å². The van der Waals surface area contributed by atoms with E-state index >= 15 is 0 Å². The minimum absolute atomic E-state index is 0.276. The lowest BCUT2D eigenvalue weighted by Crippen LogP contribution is -2.35. The van der Waals surface area contributed by atoms with Gasteiger partial charge in [0.05, 0.1) is 4.90 Å². The Morgan fingerprint density at radius 2 is 1.74 bits per heavy atom. The second-order valence-electron chi connectivity index (χ2n) is 6.62. The molecule has 3 rings (SSSR count). The standard InChI is InChI=1S/C20H23FN2O3S/c21-18-6-4-5-17(15-18)20(24)22-12-11-16-7-9-19(10-8-16)27(25,26)23-13-2-1-3-14-23/h4-10,15H,1-3,11-14H2,(H,22,24). The molecule has 1 heterocycles. The molecule has 0 saturated carbocycles. The molecule has 1 N–H and O–H groups in total. The van der Waals surface area contributed by atoms with Crippen LogP contribution in [-0.4, -0.2) is 38.3 Å². The number of nitrogens with zero attached hydrogens (tertiary/aromatic N) is 1. The first-order valence-corrected chi connectivity index (χ1v) is 10.5. The molecule has 0 atom stereocenters.